The second-order valence-electron chi connectivity index (χ2n) is 12.3. The minimum absolute atomic E-state index is 0.110. The van der Waals surface area contributed by atoms with Gasteiger partial charge in [0.15, 0.2) is 0 Å². The Labute approximate surface area is 288 Å². The summed E-state index contributed by atoms with van der Waals surface area (Å²) in [5.41, 5.74) is 2.94. The van der Waals surface area contributed by atoms with Gasteiger partial charge in [-0.3, -0.25) is 9.59 Å². The van der Waals surface area contributed by atoms with Gasteiger partial charge in [-0.1, -0.05) is 53.4 Å². The van der Waals surface area contributed by atoms with Crippen LogP contribution in [0.15, 0.2) is 48.5 Å². The first kappa shape index (κ1) is 34.7. The Morgan fingerprint density at radius 2 is 1.27 bits per heavy atom. The number of alkyl halides is 4. The number of aromatic nitrogens is 4. The van der Waals surface area contributed by atoms with E-state index in [1.807, 2.05) is 0 Å². The van der Waals surface area contributed by atoms with E-state index < -0.39 is 19.3 Å². The second-order valence-corrected chi connectivity index (χ2v) is 14.3. The molecule has 4 aromatic rings. The van der Waals surface area contributed by atoms with E-state index in [4.69, 9.17) is 0 Å². The van der Waals surface area contributed by atoms with Gasteiger partial charge >= 0.3 is 0 Å². The number of amides is 2. The number of nitrogens with one attached hydrogen (secondary N) is 2. The summed E-state index contributed by atoms with van der Waals surface area (Å²) in [6, 6.07) is 14.1. The van der Waals surface area contributed by atoms with Crippen molar-refractivity contribution in [3.63, 3.8) is 0 Å². The summed E-state index contributed by atoms with van der Waals surface area (Å²) in [5.74, 6) is -2.81. The van der Waals surface area contributed by atoms with E-state index in [2.05, 4.69) is 31.0 Å². The van der Waals surface area contributed by atoms with Gasteiger partial charge in [0.2, 0.25) is 22.1 Å². The molecule has 1 saturated heterocycles. The average Bonchev–Trinajstić information content (AvgIpc) is 3.74. The molecule has 0 bridgehead atoms. The molecule has 2 atom stereocenters. The minimum Gasteiger partial charge on any atom is -0.366 e. The molecule has 0 radical (unpaired) electrons. The molecule has 0 spiro atoms. The van der Waals surface area contributed by atoms with Gasteiger partial charge in [0, 0.05) is 36.3 Å². The average molecular weight is 717 g/mol. The largest absolute Gasteiger partial charge is 0.366 e. The van der Waals surface area contributed by atoms with Gasteiger partial charge in [-0.2, -0.15) is 0 Å². The monoisotopic (exact) mass is 716 g/mol. The van der Waals surface area contributed by atoms with Crippen molar-refractivity contribution in [2.75, 3.05) is 60.0 Å². The molecule has 3 heterocycles. The Morgan fingerprint density at radius 1 is 0.776 bits per heavy atom. The number of carbonyl (C=O) groups excluding carboxylic acids is 2. The fourth-order valence-corrected chi connectivity index (χ4v) is 7.97. The van der Waals surface area contributed by atoms with Crippen molar-refractivity contribution in [1.29, 1.82) is 0 Å². The van der Waals surface area contributed by atoms with Gasteiger partial charge in [0.25, 0.3) is 5.92 Å². The minimum atomic E-state index is -2.64. The van der Waals surface area contributed by atoms with Crippen LogP contribution in [0.25, 0.3) is 0 Å². The van der Waals surface area contributed by atoms with Crippen LogP contribution < -0.4 is 20.4 Å². The molecule has 16 heteroatoms. The van der Waals surface area contributed by atoms with E-state index in [1.165, 1.54) is 22.7 Å². The first-order valence-electron chi connectivity index (χ1n) is 16.1. The van der Waals surface area contributed by atoms with Gasteiger partial charge < -0.3 is 20.4 Å². The first-order chi connectivity index (χ1) is 23.7. The highest BCUT2D eigenvalue weighted by Crippen LogP contribution is 2.43. The predicted octanol–water partition coefficient (Wildman–Crippen LogP) is 6.39. The van der Waals surface area contributed by atoms with Gasteiger partial charge in [-0.15, -0.1) is 20.4 Å². The molecule has 2 unspecified atom stereocenters. The highest BCUT2D eigenvalue weighted by Gasteiger charge is 2.43. The number of anilines is 4. The fourth-order valence-electron chi connectivity index (χ4n) is 6.15. The van der Waals surface area contributed by atoms with Crippen LogP contribution >= 0.6 is 22.7 Å². The number of halogens is 4. The van der Waals surface area contributed by atoms with E-state index >= 15 is 0 Å². The lowest BCUT2D eigenvalue weighted by molar-refractivity contribution is -0.116. The summed E-state index contributed by atoms with van der Waals surface area (Å²) in [5, 5.41) is 25.3. The Bertz CT molecular complexity index is 1710. The van der Waals surface area contributed by atoms with Crippen molar-refractivity contribution < 1.29 is 27.2 Å². The summed E-state index contributed by atoms with van der Waals surface area (Å²) in [4.78, 5) is 28.6. The molecule has 49 heavy (non-hydrogen) atoms. The normalized spacial score (nSPS) is 18.5. The van der Waals surface area contributed by atoms with Gasteiger partial charge in [-0.05, 0) is 54.7 Å². The van der Waals surface area contributed by atoms with Crippen LogP contribution in [0.1, 0.15) is 58.7 Å². The van der Waals surface area contributed by atoms with Crippen molar-refractivity contribution in [3.05, 3.63) is 69.7 Å². The molecule has 2 aromatic heterocycles. The van der Waals surface area contributed by atoms with Crippen LogP contribution in [-0.4, -0.2) is 77.7 Å². The molecule has 2 fully saturated rings. The highest BCUT2D eigenvalue weighted by molar-refractivity contribution is 7.15. The Morgan fingerprint density at radius 3 is 1.73 bits per heavy atom. The SMILES string of the molecule is O=C(Cc1ccc(N(CCF)CCF)cc1)Nc1nnc(C2CCCC(c3nnc(NC(=O)Cc4ccc(N5CC(F)(F)C5)cc4)s3)C2)s1. The lowest BCUT2D eigenvalue weighted by atomic mass is 9.82. The Balaban J connectivity index is 0.971. The number of nitrogens with zero attached hydrogens (tertiary/aromatic N) is 6. The van der Waals surface area contributed by atoms with Gasteiger partial charge in [-0.25, -0.2) is 17.6 Å². The van der Waals surface area contributed by atoms with Crippen molar-refractivity contribution in [2.45, 2.75) is 56.3 Å². The summed E-state index contributed by atoms with van der Waals surface area (Å²) >= 11 is 2.71. The van der Waals surface area contributed by atoms with Gasteiger partial charge in [0.1, 0.15) is 23.4 Å². The van der Waals surface area contributed by atoms with Crippen LogP contribution in [0.4, 0.5) is 39.2 Å². The molecule has 1 aliphatic heterocycles. The van der Waals surface area contributed by atoms with Crippen LogP contribution in [0.3, 0.4) is 0 Å². The third-order valence-electron chi connectivity index (χ3n) is 8.63. The summed E-state index contributed by atoms with van der Waals surface area (Å²) in [6.07, 6.45) is 3.89. The zero-order valence-corrected chi connectivity index (χ0v) is 28.2. The van der Waals surface area contributed by atoms with E-state index in [1.54, 1.807) is 58.3 Å². The van der Waals surface area contributed by atoms with Crippen molar-refractivity contribution in [1.82, 2.24) is 20.4 Å². The molecule has 10 nitrogen and oxygen atoms in total. The van der Waals surface area contributed by atoms with Crippen LogP contribution in [-0.2, 0) is 22.4 Å². The molecule has 2 aliphatic rings. The van der Waals surface area contributed by atoms with E-state index in [9.17, 15) is 27.2 Å². The van der Waals surface area contributed by atoms with E-state index in [-0.39, 0.29) is 62.7 Å². The lowest BCUT2D eigenvalue weighted by Crippen LogP contribution is -2.56. The van der Waals surface area contributed by atoms with Crippen LogP contribution in [0, 0.1) is 0 Å². The smallest absolute Gasteiger partial charge is 0.282 e. The Kier molecular flexibility index (Phi) is 11.0. The number of benzene rings is 2. The Hall–Kier alpha value is -4.18. The number of carbonyl (C=O) groups is 2. The molecular formula is C33H36F4N8O2S2. The summed E-state index contributed by atoms with van der Waals surface area (Å²) in [7, 11) is 0. The zero-order valence-electron chi connectivity index (χ0n) is 26.6. The fraction of sp³-hybridized carbons (Fsp3) is 0.455. The molecule has 1 aliphatic carbocycles. The molecule has 2 N–H and O–H groups in total. The topological polar surface area (TPSA) is 116 Å². The maximum Gasteiger partial charge on any atom is 0.282 e. The number of hydrogen-bond acceptors (Lipinski definition) is 10. The summed E-state index contributed by atoms with van der Waals surface area (Å²) in [6.45, 7) is -1.51. The van der Waals surface area contributed by atoms with Crippen molar-refractivity contribution in [3.8, 4) is 0 Å². The maximum atomic E-state index is 13.2. The molecule has 6 rings (SSSR count). The lowest BCUT2D eigenvalue weighted by Gasteiger charge is -2.40. The third kappa shape index (κ3) is 9.09. The van der Waals surface area contributed by atoms with Crippen LogP contribution in [0.5, 0.6) is 0 Å². The summed E-state index contributed by atoms with van der Waals surface area (Å²) < 4.78 is 51.9. The number of hydrogen-bond donors (Lipinski definition) is 2. The van der Waals surface area contributed by atoms with E-state index in [0.717, 1.165) is 46.8 Å². The first-order valence-corrected chi connectivity index (χ1v) is 17.8. The maximum absolute atomic E-state index is 13.2. The highest BCUT2D eigenvalue weighted by atomic mass is 32.1. The van der Waals surface area contributed by atoms with Gasteiger partial charge in [0.05, 0.1) is 25.9 Å². The predicted molar refractivity (Wildman–Crippen MR) is 183 cm³/mol. The van der Waals surface area contributed by atoms with E-state index in [0.29, 0.717) is 21.6 Å². The quantitative estimate of drug-likeness (QED) is 0.144. The third-order valence-corrected chi connectivity index (χ3v) is 10.6. The van der Waals surface area contributed by atoms with Crippen LogP contribution in [0.2, 0.25) is 0 Å². The molecule has 260 valence electrons. The number of rotatable bonds is 14. The standard InChI is InChI=1S/C33H36F4N8O2S2/c34-12-14-44(15-13-35)25-8-4-21(5-9-25)16-27(46)38-31-42-40-29(48-31)23-2-1-3-24(18-23)30-41-43-32(49-30)39-28(47)17-22-6-10-26(11-7-22)45-19-33(36,37)20-45/h4-11,23-24H,1-3,12-20H2,(H,38,42,46)(H,39,43,47). The molecule has 1 saturated carbocycles. The zero-order chi connectivity index (χ0) is 34.4. The molecule has 2 amide bonds. The van der Waals surface area contributed by atoms with Crippen molar-refractivity contribution >= 4 is 56.1 Å². The molecular weight excluding hydrogens is 681 g/mol. The van der Waals surface area contributed by atoms with Crippen molar-refractivity contribution in [2.24, 2.45) is 0 Å². The second kappa shape index (κ2) is 15.6. The molecule has 2 aromatic carbocycles.